The third-order valence-electron chi connectivity index (χ3n) is 2.13. The number of halogens is 1. The maximum Gasteiger partial charge on any atom is 0.256 e. The van der Waals surface area contributed by atoms with Crippen LogP contribution in [0.5, 0.6) is 0 Å². The Labute approximate surface area is 113 Å². The molecule has 0 aliphatic carbocycles. The lowest BCUT2D eigenvalue weighted by Gasteiger charge is -2.04. The lowest BCUT2D eigenvalue weighted by Crippen LogP contribution is -2.13. The van der Waals surface area contributed by atoms with Crippen molar-refractivity contribution in [2.24, 2.45) is 0 Å². The van der Waals surface area contributed by atoms with Crippen LogP contribution < -0.4 is 5.32 Å². The van der Waals surface area contributed by atoms with Crippen LogP contribution in [0.4, 0.5) is 5.82 Å². The summed E-state index contributed by atoms with van der Waals surface area (Å²) in [5.41, 5.74) is 1.39. The van der Waals surface area contributed by atoms with Gasteiger partial charge in [0.2, 0.25) is 0 Å². The van der Waals surface area contributed by atoms with E-state index in [9.17, 15) is 4.79 Å². The van der Waals surface area contributed by atoms with E-state index in [4.69, 9.17) is 0 Å². The molecule has 86 valence electrons. The molecule has 4 nitrogen and oxygen atoms in total. The Balaban J connectivity index is 2.14. The lowest BCUT2D eigenvalue weighted by molar-refractivity contribution is 0.102. The first-order valence-electron chi connectivity index (χ1n) is 5.01. The Morgan fingerprint density at radius 1 is 1.29 bits per heavy atom. The summed E-state index contributed by atoms with van der Waals surface area (Å²) in [4.78, 5) is 20.0. The molecule has 0 bridgehead atoms. The van der Waals surface area contributed by atoms with Crippen molar-refractivity contribution in [1.29, 1.82) is 0 Å². The van der Waals surface area contributed by atoms with Gasteiger partial charge in [0, 0.05) is 27.2 Å². The molecule has 0 aliphatic rings. The van der Waals surface area contributed by atoms with Crippen molar-refractivity contribution in [3.8, 4) is 0 Å². The molecule has 1 amide bonds. The summed E-state index contributed by atoms with van der Waals surface area (Å²) < 4.78 is 1.03. The van der Waals surface area contributed by atoms with Gasteiger partial charge < -0.3 is 5.32 Å². The standard InChI is InChI=1S/C12H10IN3O/c1-8-6-9(4-5-14-8)12(17)16-11-3-2-10(13)7-15-11/h2-7H,1H3,(H,15,16,17). The molecule has 0 atom stereocenters. The number of hydrogen-bond donors (Lipinski definition) is 1. The summed E-state index contributed by atoms with van der Waals surface area (Å²) in [5.74, 6) is 0.370. The Morgan fingerprint density at radius 3 is 2.76 bits per heavy atom. The average molecular weight is 339 g/mol. The summed E-state index contributed by atoms with van der Waals surface area (Å²) in [5, 5.41) is 2.73. The molecule has 5 heteroatoms. The van der Waals surface area contributed by atoms with Crippen molar-refractivity contribution in [3.63, 3.8) is 0 Å². The van der Waals surface area contributed by atoms with Crippen molar-refractivity contribution >= 4 is 34.3 Å². The number of aromatic nitrogens is 2. The van der Waals surface area contributed by atoms with Crippen molar-refractivity contribution in [1.82, 2.24) is 9.97 Å². The topological polar surface area (TPSA) is 54.9 Å². The van der Waals surface area contributed by atoms with Crippen LogP contribution in [-0.2, 0) is 0 Å². The maximum atomic E-state index is 11.9. The van der Waals surface area contributed by atoms with Crippen LogP contribution in [0.2, 0.25) is 0 Å². The molecule has 1 N–H and O–H groups in total. The van der Waals surface area contributed by atoms with Gasteiger partial charge in [0.1, 0.15) is 5.82 Å². The molecule has 0 fully saturated rings. The first-order valence-corrected chi connectivity index (χ1v) is 6.08. The fourth-order valence-electron chi connectivity index (χ4n) is 1.33. The molecule has 2 aromatic rings. The second kappa shape index (κ2) is 5.22. The molecule has 0 unspecified atom stereocenters. The molecule has 0 spiro atoms. The zero-order valence-electron chi connectivity index (χ0n) is 9.14. The molecule has 2 aromatic heterocycles. The molecular weight excluding hydrogens is 329 g/mol. The molecule has 0 aromatic carbocycles. The summed E-state index contributed by atoms with van der Waals surface area (Å²) >= 11 is 2.16. The number of rotatable bonds is 2. The van der Waals surface area contributed by atoms with Crippen LogP contribution >= 0.6 is 22.6 Å². The fourth-order valence-corrected chi connectivity index (χ4v) is 1.64. The maximum absolute atomic E-state index is 11.9. The van der Waals surface area contributed by atoms with Gasteiger partial charge in [-0.1, -0.05) is 0 Å². The largest absolute Gasteiger partial charge is 0.307 e. The highest BCUT2D eigenvalue weighted by Crippen LogP contribution is 2.09. The van der Waals surface area contributed by atoms with Crippen molar-refractivity contribution in [2.45, 2.75) is 6.92 Å². The van der Waals surface area contributed by atoms with Crippen LogP contribution in [0, 0.1) is 10.5 Å². The first-order chi connectivity index (χ1) is 8.15. The minimum atomic E-state index is -0.177. The number of anilines is 1. The molecule has 2 heterocycles. The lowest BCUT2D eigenvalue weighted by atomic mass is 10.2. The van der Waals surface area contributed by atoms with Crippen LogP contribution in [0.25, 0.3) is 0 Å². The van der Waals surface area contributed by atoms with Crippen LogP contribution in [0.15, 0.2) is 36.7 Å². The third kappa shape index (κ3) is 3.23. The minimum absolute atomic E-state index is 0.177. The monoisotopic (exact) mass is 339 g/mol. The zero-order chi connectivity index (χ0) is 12.3. The number of hydrogen-bond acceptors (Lipinski definition) is 3. The van der Waals surface area contributed by atoms with E-state index in [1.54, 1.807) is 30.6 Å². The normalized spacial score (nSPS) is 10.0. The van der Waals surface area contributed by atoms with Gasteiger partial charge in [0.25, 0.3) is 5.91 Å². The molecule has 17 heavy (non-hydrogen) atoms. The van der Waals surface area contributed by atoms with Crippen LogP contribution in [0.3, 0.4) is 0 Å². The number of aryl methyl sites for hydroxylation is 1. The average Bonchev–Trinajstić information content (AvgIpc) is 2.32. The predicted molar refractivity (Wildman–Crippen MR) is 73.9 cm³/mol. The Hall–Kier alpha value is -1.50. The second-order valence-corrected chi connectivity index (χ2v) is 4.75. The molecule has 0 saturated carbocycles. The van der Waals surface area contributed by atoms with Crippen LogP contribution in [-0.4, -0.2) is 15.9 Å². The Kier molecular flexibility index (Phi) is 3.68. The van der Waals surface area contributed by atoms with Gasteiger partial charge in [-0.25, -0.2) is 4.98 Å². The number of nitrogens with zero attached hydrogens (tertiary/aromatic N) is 2. The SMILES string of the molecule is Cc1cc(C(=O)Nc2ccc(I)cn2)ccn1. The van der Waals surface area contributed by atoms with Gasteiger partial charge >= 0.3 is 0 Å². The van der Waals surface area contributed by atoms with E-state index < -0.39 is 0 Å². The number of amides is 1. The number of carbonyl (C=O) groups excluding carboxylic acids is 1. The summed E-state index contributed by atoms with van der Waals surface area (Å²) in [6.07, 6.45) is 3.32. The summed E-state index contributed by atoms with van der Waals surface area (Å²) in [6, 6.07) is 7.08. The smallest absolute Gasteiger partial charge is 0.256 e. The Morgan fingerprint density at radius 2 is 2.12 bits per heavy atom. The number of pyridine rings is 2. The van der Waals surface area contributed by atoms with Gasteiger partial charge in [0.05, 0.1) is 0 Å². The quantitative estimate of drug-likeness (QED) is 0.856. The molecular formula is C12H10IN3O. The molecule has 0 radical (unpaired) electrons. The number of nitrogens with one attached hydrogen (secondary N) is 1. The Bertz CT molecular complexity index is 540. The molecule has 2 rings (SSSR count). The van der Waals surface area contributed by atoms with Gasteiger partial charge in [0.15, 0.2) is 0 Å². The fraction of sp³-hybridized carbons (Fsp3) is 0.0833. The first kappa shape index (κ1) is 12.0. The summed E-state index contributed by atoms with van der Waals surface area (Å²) in [6.45, 7) is 1.85. The molecule has 0 saturated heterocycles. The van der Waals surface area contributed by atoms with Crippen molar-refractivity contribution in [2.75, 3.05) is 5.32 Å². The highest BCUT2D eigenvalue weighted by Gasteiger charge is 2.06. The van der Waals surface area contributed by atoms with E-state index >= 15 is 0 Å². The van der Waals surface area contributed by atoms with Gasteiger partial charge in [-0.15, -0.1) is 0 Å². The summed E-state index contributed by atoms with van der Waals surface area (Å²) in [7, 11) is 0. The molecule has 0 aliphatic heterocycles. The minimum Gasteiger partial charge on any atom is -0.307 e. The van der Waals surface area contributed by atoms with Crippen molar-refractivity contribution in [3.05, 3.63) is 51.5 Å². The van der Waals surface area contributed by atoms with E-state index in [1.807, 2.05) is 13.0 Å². The van der Waals surface area contributed by atoms with E-state index in [1.165, 1.54) is 0 Å². The van der Waals surface area contributed by atoms with E-state index in [2.05, 4.69) is 37.9 Å². The second-order valence-electron chi connectivity index (χ2n) is 3.50. The highest BCUT2D eigenvalue weighted by molar-refractivity contribution is 14.1. The third-order valence-corrected chi connectivity index (χ3v) is 2.77. The van der Waals surface area contributed by atoms with Gasteiger partial charge in [-0.2, -0.15) is 0 Å². The van der Waals surface area contributed by atoms with E-state index in [0.29, 0.717) is 11.4 Å². The van der Waals surface area contributed by atoms with Crippen molar-refractivity contribution < 1.29 is 4.79 Å². The van der Waals surface area contributed by atoms with Crippen LogP contribution in [0.1, 0.15) is 16.1 Å². The van der Waals surface area contributed by atoms with E-state index in [0.717, 1.165) is 9.26 Å². The van der Waals surface area contributed by atoms with E-state index in [-0.39, 0.29) is 5.91 Å². The highest BCUT2D eigenvalue weighted by atomic mass is 127. The number of carbonyl (C=O) groups is 1. The zero-order valence-corrected chi connectivity index (χ0v) is 11.3. The predicted octanol–water partition coefficient (Wildman–Crippen LogP) is 2.64. The van der Waals surface area contributed by atoms with Gasteiger partial charge in [-0.05, 0) is 53.8 Å². The van der Waals surface area contributed by atoms with Gasteiger partial charge in [-0.3, -0.25) is 9.78 Å².